The van der Waals surface area contributed by atoms with E-state index in [2.05, 4.69) is 15.9 Å². The van der Waals surface area contributed by atoms with Crippen LogP contribution in [-0.2, 0) is 0 Å². The van der Waals surface area contributed by atoms with Crippen LogP contribution in [0, 0.1) is 26.2 Å². The SMILES string of the molecule is Cc1cc(Oc2cc(C)c(Br)c(C)c2)ccc1C(=N)N. The summed E-state index contributed by atoms with van der Waals surface area (Å²) in [5.74, 6) is 1.62. The molecule has 0 radical (unpaired) electrons. The molecule has 3 N–H and O–H groups in total. The summed E-state index contributed by atoms with van der Waals surface area (Å²) in [6.07, 6.45) is 0. The first-order chi connectivity index (χ1) is 9.38. The summed E-state index contributed by atoms with van der Waals surface area (Å²) >= 11 is 3.54. The van der Waals surface area contributed by atoms with Gasteiger partial charge in [-0.25, -0.2) is 0 Å². The largest absolute Gasteiger partial charge is 0.457 e. The summed E-state index contributed by atoms with van der Waals surface area (Å²) in [5.41, 5.74) is 9.45. The second-order valence-electron chi connectivity index (χ2n) is 4.86. The monoisotopic (exact) mass is 332 g/mol. The molecule has 0 heterocycles. The first-order valence-electron chi connectivity index (χ1n) is 6.28. The van der Waals surface area contributed by atoms with E-state index < -0.39 is 0 Å². The maximum atomic E-state index is 7.48. The molecule has 0 saturated heterocycles. The second-order valence-corrected chi connectivity index (χ2v) is 5.66. The van der Waals surface area contributed by atoms with Crippen LogP contribution >= 0.6 is 15.9 Å². The molecule has 3 nitrogen and oxygen atoms in total. The van der Waals surface area contributed by atoms with Crippen molar-refractivity contribution in [1.82, 2.24) is 0 Å². The molecule has 0 fully saturated rings. The zero-order valence-corrected chi connectivity index (χ0v) is 13.3. The van der Waals surface area contributed by atoms with Gasteiger partial charge in [-0.15, -0.1) is 0 Å². The number of amidine groups is 1. The van der Waals surface area contributed by atoms with Crippen molar-refractivity contribution in [2.75, 3.05) is 0 Å². The van der Waals surface area contributed by atoms with Crippen molar-refractivity contribution in [2.45, 2.75) is 20.8 Å². The molecule has 4 heteroatoms. The molecule has 0 spiro atoms. The van der Waals surface area contributed by atoms with Gasteiger partial charge in [0.25, 0.3) is 0 Å². The van der Waals surface area contributed by atoms with E-state index in [9.17, 15) is 0 Å². The first-order valence-corrected chi connectivity index (χ1v) is 7.07. The molecule has 0 aliphatic rings. The van der Waals surface area contributed by atoms with Gasteiger partial charge in [-0.2, -0.15) is 0 Å². The van der Waals surface area contributed by atoms with Gasteiger partial charge in [0.05, 0.1) is 0 Å². The zero-order chi connectivity index (χ0) is 14.9. The average Bonchev–Trinajstić information content (AvgIpc) is 2.35. The van der Waals surface area contributed by atoms with E-state index in [4.69, 9.17) is 15.9 Å². The van der Waals surface area contributed by atoms with Gasteiger partial charge in [0.2, 0.25) is 0 Å². The lowest BCUT2D eigenvalue weighted by molar-refractivity contribution is 0.481. The Bertz CT molecular complexity index is 657. The van der Waals surface area contributed by atoms with Crippen molar-refractivity contribution < 1.29 is 4.74 Å². The fourth-order valence-corrected chi connectivity index (χ4v) is 2.33. The fourth-order valence-electron chi connectivity index (χ4n) is 2.10. The molecule has 0 aromatic heterocycles. The summed E-state index contributed by atoms with van der Waals surface area (Å²) in [5, 5.41) is 7.48. The fraction of sp³-hybridized carbons (Fsp3) is 0.188. The van der Waals surface area contributed by atoms with E-state index in [-0.39, 0.29) is 5.84 Å². The van der Waals surface area contributed by atoms with E-state index in [0.29, 0.717) is 0 Å². The average molecular weight is 333 g/mol. The lowest BCUT2D eigenvalue weighted by Gasteiger charge is -2.11. The minimum absolute atomic E-state index is 0.0735. The van der Waals surface area contributed by atoms with E-state index in [1.807, 2.05) is 51.1 Å². The summed E-state index contributed by atoms with van der Waals surface area (Å²) in [6, 6.07) is 9.52. The molecule has 0 aliphatic heterocycles. The minimum atomic E-state index is 0.0735. The van der Waals surface area contributed by atoms with E-state index in [1.54, 1.807) is 0 Å². The van der Waals surface area contributed by atoms with Crippen molar-refractivity contribution in [3.05, 3.63) is 57.1 Å². The molecule has 2 aromatic carbocycles. The summed E-state index contributed by atoms with van der Waals surface area (Å²) < 4.78 is 6.98. The van der Waals surface area contributed by atoms with Gasteiger partial charge >= 0.3 is 0 Å². The number of hydrogen-bond donors (Lipinski definition) is 2. The van der Waals surface area contributed by atoms with Gasteiger partial charge < -0.3 is 10.5 Å². The van der Waals surface area contributed by atoms with Crippen molar-refractivity contribution in [2.24, 2.45) is 5.73 Å². The molecule has 0 saturated carbocycles. The van der Waals surface area contributed by atoms with Crippen LogP contribution in [0.25, 0.3) is 0 Å². The van der Waals surface area contributed by atoms with E-state index in [0.717, 1.165) is 38.2 Å². The Hall–Kier alpha value is -1.81. The van der Waals surface area contributed by atoms with Crippen LogP contribution in [0.4, 0.5) is 0 Å². The lowest BCUT2D eigenvalue weighted by atomic mass is 10.1. The zero-order valence-electron chi connectivity index (χ0n) is 11.8. The van der Waals surface area contributed by atoms with Gasteiger partial charge in [0.15, 0.2) is 0 Å². The van der Waals surface area contributed by atoms with E-state index >= 15 is 0 Å². The summed E-state index contributed by atoms with van der Waals surface area (Å²) in [7, 11) is 0. The molecule has 104 valence electrons. The molecule has 0 aliphatic carbocycles. The molecule has 0 amide bonds. The number of hydrogen-bond acceptors (Lipinski definition) is 2. The number of rotatable bonds is 3. The number of ether oxygens (including phenoxy) is 1. The van der Waals surface area contributed by atoms with E-state index in [1.165, 1.54) is 0 Å². The number of nitrogen functional groups attached to an aromatic ring is 1. The van der Waals surface area contributed by atoms with Crippen LogP contribution in [0.1, 0.15) is 22.3 Å². The van der Waals surface area contributed by atoms with Crippen molar-refractivity contribution in [1.29, 1.82) is 5.41 Å². The van der Waals surface area contributed by atoms with Crippen LogP contribution < -0.4 is 10.5 Å². The van der Waals surface area contributed by atoms with Crippen LogP contribution in [0.15, 0.2) is 34.8 Å². The predicted octanol–water partition coefficient (Wildman–Crippen LogP) is 4.45. The van der Waals surface area contributed by atoms with Crippen molar-refractivity contribution in [3.63, 3.8) is 0 Å². The quantitative estimate of drug-likeness (QED) is 0.644. The predicted molar refractivity (Wildman–Crippen MR) is 85.9 cm³/mol. The van der Waals surface area contributed by atoms with Gasteiger partial charge in [0, 0.05) is 10.0 Å². The normalized spacial score (nSPS) is 10.4. The first kappa shape index (κ1) is 14.6. The Morgan fingerprint density at radius 3 is 2.05 bits per heavy atom. The molecule has 0 unspecified atom stereocenters. The number of aryl methyl sites for hydroxylation is 3. The van der Waals surface area contributed by atoms with Crippen LogP contribution in [0.3, 0.4) is 0 Å². The summed E-state index contributed by atoms with van der Waals surface area (Å²) in [6.45, 7) is 5.99. The molecular formula is C16H17BrN2O. The highest BCUT2D eigenvalue weighted by Gasteiger charge is 2.07. The maximum Gasteiger partial charge on any atom is 0.128 e. The Morgan fingerprint density at radius 2 is 1.55 bits per heavy atom. The Balaban J connectivity index is 2.31. The lowest BCUT2D eigenvalue weighted by Crippen LogP contribution is -2.12. The van der Waals surface area contributed by atoms with Crippen molar-refractivity contribution >= 4 is 21.8 Å². The second kappa shape index (κ2) is 5.67. The highest BCUT2D eigenvalue weighted by molar-refractivity contribution is 9.10. The van der Waals surface area contributed by atoms with Crippen LogP contribution in [0.5, 0.6) is 11.5 Å². The van der Waals surface area contributed by atoms with Gasteiger partial charge in [0.1, 0.15) is 17.3 Å². The van der Waals surface area contributed by atoms with Crippen molar-refractivity contribution in [3.8, 4) is 11.5 Å². The smallest absolute Gasteiger partial charge is 0.128 e. The minimum Gasteiger partial charge on any atom is -0.457 e. The molecule has 2 rings (SSSR count). The number of halogens is 1. The number of benzene rings is 2. The Kier molecular flexibility index (Phi) is 4.14. The standard InChI is InChI=1S/C16H17BrN2O/c1-9-6-12(4-5-14(9)16(18)19)20-13-7-10(2)15(17)11(3)8-13/h4-8H,1-3H3,(H3,18,19). The highest BCUT2D eigenvalue weighted by Crippen LogP contribution is 2.30. The Labute approximate surface area is 127 Å². The topological polar surface area (TPSA) is 59.1 Å². The van der Waals surface area contributed by atoms with Gasteiger partial charge in [-0.3, -0.25) is 5.41 Å². The highest BCUT2D eigenvalue weighted by atomic mass is 79.9. The molecule has 2 aromatic rings. The molecule has 0 bridgehead atoms. The van der Waals surface area contributed by atoms with Gasteiger partial charge in [-0.1, -0.05) is 15.9 Å². The summed E-state index contributed by atoms with van der Waals surface area (Å²) in [4.78, 5) is 0. The third-order valence-corrected chi connectivity index (χ3v) is 4.38. The molecule has 20 heavy (non-hydrogen) atoms. The van der Waals surface area contributed by atoms with Gasteiger partial charge in [-0.05, 0) is 67.8 Å². The third kappa shape index (κ3) is 3.02. The maximum absolute atomic E-state index is 7.48. The third-order valence-electron chi connectivity index (χ3n) is 3.13. The molecule has 0 atom stereocenters. The van der Waals surface area contributed by atoms with Crippen LogP contribution in [0.2, 0.25) is 0 Å². The molecular weight excluding hydrogens is 316 g/mol. The Morgan fingerprint density at radius 1 is 1.00 bits per heavy atom. The van der Waals surface area contributed by atoms with Crippen LogP contribution in [-0.4, -0.2) is 5.84 Å². The number of nitrogens with one attached hydrogen (secondary N) is 1. The number of nitrogens with two attached hydrogens (primary N) is 1.